The third-order valence-electron chi connectivity index (χ3n) is 5.84. The molecule has 1 aromatic carbocycles. The first kappa shape index (κ1) is 19.4. The number of hydrogen-bond donors (Lipinski definition) is 2. The molecule has 4 heterocycles. The lowest BCUT2D eigenvalue weighted by Gasteiger charge is -2.49. The maximum absolute atomic E-state index is 12.7. The lowest BCUT2D eigenvalue weighted by Crippen LogP contribution is -2.62. The van der Waals surface area contributed by atoms with E-state index >= 15 is 0 Å². The van der Waals surface area contributed by atoms with Gasteiger partial charge in [-0.15, -0.1) is 0 Å². The highest BCUT2D eigenvalue weighted by molar-refractivity contribution is 5.94. The second-order valence-corrected chi connectivity index (χ2v) is 7.78. The SMILES string of the molecule is CC(=O)Nc1cccc(Oc2ccc(C(=O)NC3C4CCN(CC4)C3C)cc2)n1. The molecule has 2 bridgehead atoms. The molecule has 5 rings (SSSR count). The van der Waals surface area contributed by atoms with Crippen molar-refractivity contribution >= 4 is 17.6 Å². The number of nitrogens with zero attached hydrogens (tertiary/aromatic N) is 2. The fraction of sp³-hybridized carbons (Fsp3) is 0.409. The monoisotopic (exact) mass is 394 g/mol. The second kappa shape index (κ2) is 8.21. The number of hydrogen-bond acceptors (Lipinski definition) is 5. The zero-order chi connectivity index (χ0) is 20.4. The van der Waals surface area contributed by atoms with Crippen molar-refractivity contribution in [1.82, 2.24) is 15.2 Å². The number of anilines is 1. The summed E-state index contributed by atoms with van der Waals surface area (Å²) in [6.07, 6.45) is 2.32. The Kier molecular flexibility index (Phi) is 5.49. The number of amides is 2. The minimum atomic E-state index is -0.192. The van der Waals surface area contributed by atoms with Crippen LogP contribution in [0.15, 0.2) is 42.5 Å². The first-order valence-electron chi connectivity index (χ1n) is 10.1. The van der Waals surface area contributed by atoms with Crippen LogP contribution in [0.4, 0.5) is 5.82 Å². The molecule has 29 heavy (non-hydrogen) atoms. The first-order valence-corrected chi connectivity index (χ1v) is 10.1. The van der Waals surface area contributed by atoms with E-state index in [1.807, 2.05) is 0 Å². The van der Waals surface area contributed by atoms with Crippen LogP contribution in [0.25, 0.3) is 0 Å². The van der Waals surface area contributed by atoms with Crippen molar-refractivity contribution < 1.29 is 14.3 Å². The van der Waals surface area contributed by atoms with Gasteiger partial charge in [-0.2, -0.15) is 4.98 Å². The van der Waals surface area contributed by atoms with Crippen LogP contribution < -0.4 is 15.4 Å². The first-order chi connectivity index (χ1) is 14.0. The van der Waals surface area contributed by atoms with Gasteiger partial charge in [0.1, 0.15) is 11.6 Å². The average molecular weight is 394 g/mol. The highest BCUT2D eigenvalue weighted by Crippen LogP contribution is 2.32. The summed E-state index contributed by atoms with van der Waals surface area (Å²) in [4.78, 5) is 30.6. The van der Waals surface area contributed by atoms with Gasteiger partial charge in [-0.05, 0) is 69.1 Å². The summed E-state index contributed by atoms with van der Waals surface area (Å²) in [6, 6.07) is 12.8. The molecule has 0 spiro atoms. The molecule has 0 radical (unpaired) electrons. The highest BCUT2D eigenvalue weighted by Gasteiger charge is 2.40. The number of carbonyl (C=O) groups is 2. The second-order valence-electron chi connectivity index (χ2n) is 7.78. The molecule has 1 aromatic heterocycles. The molecule has 3 saturated heterocycles. The number of carbonyl (C=O) groups excluding carboxylic acids is 2. The Labute approximate surface area is 170 Å². The number of ether oxygens (including phenoxy) is 1. The minimum absolute atomic E-state index is 0.0482. The molecular weight excluding hydrogens is 368 g/mol. The maximum Gasteiger partial charge on any atom is 0.251 e. The molecule has 2 unspecified atom stereocenters. The molecule has 2 amide bonds. The normalized spacial score (nSPS) is 25.3. The van der Waals surface area contributed by atoms with Crippen LogP contribution in [0.5, 0.6) is 11.6 Å². The molecule has 152 valence electrons. The van der Waals surface area contributed by atoms with Gasteiger partial charge in [-0.1, -0.05) is 6.07 Å². The summed E-state index contributed by atoms with van der Waals surface area (Å²) in [5.41, 5.74) is 0.612. The van der Waals surface area contributed by atoms with Gasteiger partial charge in [0.15, 0.2) is 0 Å². The number of benzene rings is 1. The zero-order valence-electron chi connectivity index (χ0n) is 16.7. The summed E-state index contributed by atoms with van der Waals surface area (Å²) < 4.78 is 5.74. The molecule has 0 saturated carbocycles. The van der Waals surface area contributed by atoms with Crippen LogP contribution in [0.2, 0.25) is 0 Å². The molecule has 7 heteroatoms. The molecule has 0 aliphatic carbocycles. The lowest BCUT2D eigenvalue weighted by atomic mass is 9.79. The van der Waals surface area contributed by atoms with Crippen molar-refractivity contribution in [2.45, 2.75) is 38.8 Å². The Balaban J connectivity index is 1.39. The van der Waals surface area contributed by atoms with Crippen LogP contribution in [-0.2, 0) is 4.79 Å². The van der Waals surface area contributed by atoms with Crippen molar-refractivity contribution in [3.8, 4) is 11.6 Å². The number of fused-ring (bicyclic) bond motifs is 3. The number of pyridine rings is 1. The molecule has 2 N–H and O–H groups in total. The van der Waals surface area contributed by atoms with E-state index in [1.54, 1.807) is 42.5 Å². The third-order valence-corrected chi connectivity index (χ3v) is 5.84. The van der Waals surface area contributed by atoms with Crippen LogP contribution in [0.3, 0.4) is 0 Å². The lowest BCUT2D eigenvalue weighted by molar-refractivity contribution is -0.114. The van der Waals surface area contributed by atoms with Crippen molar-refractivity contribution in [2.75, 3.05) is 18.4 Å². The average Bonchev–Trinajstić information content (AvgIpc) is 2.71. The molecule has 2 atom stereocenters. The Morgan fingerprint density at radius 2 is 1.83 bits per heavy atom. The molecule has 3 aliphatic heterocycles. The van der Waals surface area contributed by atoms with E-state index in [0.29, 0.717) is 35.0 Å². The van der Waals surface area contributed by atoms with Gasteiger partial charge in [0.25, 0.3) is 5.91 Å². The molecular formula is C22H26N4O3. The summed E-state index contributed by atoms with van der Waals surface area (Å²) in [5.74, 6) is 1.70. The molecule has 3 fully saturated rings. The zero-order valence-corrected chi connectivity index (χ0v) is 16.7. The van der Waals surface area contributed by atoms with Crippen molar-refractivity contribution in [3.63, 3.8) is 0 Å². The number of aromatic nitrogens is 1. The smallest absolute Gasteiger partial charge is 0.251 e. The van der Waals surface area contributed by atoms with Crippen LogP contribution in [0.1, 0.15) is 37.0 Å². The highest BCUT2D eigenvalue weighted by atomic mass is 16.5. The van der Waals surface area contributed by atoms with E-state index in [2.05, 4.69) is 27.4 Å². The largest absolute Gasteiger partial charge is 0.439 e. The maximum atomic E-state index is 12.7. The number of piperidine rings is 3. The predicted molar refractivity (Wildman–Crippen MR) is 110 cm³/mol. The van der Waals surface area contributed by atoms with E-state index in [1.165, 1.54) is 6.92 Å². The summed E-state index contributed by atoms with van der Waals surface area (Å²) in [7, 11) is 0. The summed E-state index contributed by atoms with van der Waals surface area (Å²) in [5, 5.41) is 5.86. The Bertz CT molecular complexity index is 889. The van der Waals surface area contributed by atoms with Gasteiger partial charge in [-0.25, -0.2) is 0 Å². The van der Waals surface area contributed by atoms with Crippen molar-refractivity contribution in [1.29, 1.82) is 0 Å². The van der Waals surface area contributed by atoms with Gasteiger partial charge >= 0.3 is 0 Å². The van der Waals surface area contributed by atoms with Gasteiger partial charge < -0.3 is 15.4 Å². The summed E-state index contributed by atoms with van der Waals surface area (Å²) >= 11 is 0. The third kappa shape index (κ3) is 4.40. The quantitative estimate of drug-likeness (QED) is 0.814. The van der Waals surface area contributed by atoms with Crippen molar-refractivity contribution in [2.24, 2.45) is 5.92 Å². The molecule has 7 nitrogen and oxygen atoms in total. The Morgan fingerprint density at radius 3 is 2.48 bits per heavy atom. The van der Waals surface area contributed by atoms with Crippen LogP contribution in [-0.4, -0.2) is 46.9 Å². The predicted octanol–water partition coefficient (Wildman–Crippen LogP) is 3.04. The molecule has 2 aromatic rings. The number of rotatable bonds is 5. The fourth-order valence-electron chi connectivity index (χ4n) is 4.30. The van der Waals surface area contributed by atoms with E-state index in [9.17, 15) is 9.59 Å². The molecule has 3 aliphatic rings. The number of nitrogens with one attached hydrogen (secondary N) is 2. The van der Waals surface area contributed by atoms with E-state index < -0.39 is 0 Å². The van der Waals surface area contributed by atoms with Crippen molar-refractivity contribution in [3.05, 3.63) is 48.0 Å². The van der Waals surface area contributed by atoms with E-state index in [4.69, 9.17) is 4.74 Å². The standard InChI is InChI=1S/C22H26N4O3/c1-14-21(16-10-12-26(14)13-11-16)25-22(28)17-6-8-18(9-7-17)29-20-5-3-4-19(24-20)23-15(2)27/h3-9,14,16,21H,10-13H2,1-2H3,(H,25,28)(H,23,24,27). The van der Waals surface area contributed by atoms with Crippen LogP contribution >= 0.6 is 0 Å². The van der Waals surface area contributed by atoms with Gasteiger partial charge in [0, 0.05) is 30.6 Å². The Morgan fingerprint density at radius 1 is 1.10 bits per heavy atom. The van der Waals surface area contributed by atoms with E-state index in [0.717, 1.165) is 25.9 Å². The van der Waals surface area contributed by atoms with Gasteiger partial charge in [-0.3, -0.25) is 14.5 Å². The topological polar surface area (TPSA) is 83.6 Å². The summed E-state index contributed by atoms with van der Waals surface area (Å²) in [6.45, 7) is 5.91. The van der Waals surface area contributed by atoms with Gasteiger partial charge in [0.05, 0.1) is 0 Å². The van der Waals surface area contributed by atoms with E-state index in [-0.39, 0.29) is 17.9 Å². The minimum Gasteiger partial charge on any atom is -0.439 e. The van der Waals surface area contributed by atoms with Crippen LogP contribution in [0, 0.1) is 5.92 Å². The van der Waals surface area contributed by atoms with Gasteiger partial charge in [0.2, 0.25) is 11.8 Å². The fourth-order valence-corrected chi connectivity index (χ4v) is 4.30. The Hall–Kier alpha value is -2.93.